The number of non-ortho nitro benzene ring substituents is 1. The number of hydrogen-bond donors (Lipinski definition) is 2. The van der Waals surface area contributed by atoms with Crippen LogP contribution in [0.4, 0.5) is 5.69 Å². The zero-order valence-corrected chi connectivity index (χ0v) is 15.5. The third-order valence-corrected chi connectivity index (χ3v) is 4.03. The van der Waals surface area contributed by atoms with Crippen LogP contribution in [0.2, 0.25) is 0 Å². The van der Waals surface area contributed by atoms with Crippen molar-refractivity contribution in [2.24, 2.45) is 0 Å². The van der Waals surface area contributed by atoms with E-state index in [1.165, 1.54) is 19.2 Å². The zero-order valence-electron chi connectivity index (χ0n) is 13.9. The van der Waals surface area contributed by atoms with Gasteiger partial charge in [0.1, 0.15) is 0 Å². The van der Waals surface area contributed by atoms with Crippen LogP contribution in [0.3, 0.4) is 0 Å². The Balaban J connectivity index is 0.00000264. The summed E-state index contributed by atoms with van der Waals surface area (Å²) in [5, 5.41) is 24.9. The number of rotatable bonds is 6. The quantitative estimate of drug-likeness (QED) is 0.581. The topological polar surface area (TPSA) is 87.9 Å². The van der Waals surface area contributed by atoms with Crippen molar-refractivity contribution >= 4 is 30.5 Å². The highest BCUT2D eigenvalue weighted by Gasteiger charge is 2.27. The van der Waals surface area contributed by atoms with Crippen molar-refractivity contribution in [3.05, 3.63) is 27.8 Å². The van der Waals surface area contributed by atoms with Crippen molar-refractivity contribution in [2.75, 3.05) is 33.3 Å². The number of nitro benzene ring substituents is 1. The Bertz CT molecular complexity index is 540. The molecule has 9 heteroatoms. The fourth-order valence-corrected chi connectivity index (χ4v) is 2.93. The predicted octanol–water partition coefficient (Wildman–Crippen LogP) is 2.90. The number of benzene rings is 1. The minimum absolute atomic E-state index is 0. The molecule has 1 aliphatic heterocycles. The first kappa shape index (κ1) is 22.7. The van der Waals surface area contributed by atoms with Gasteiger partial charge in [0.25, 0.3) is 5.69 Å². The molecule has 0 amide bonds. The molecule has 0 aliphatic carbocycles. The molecule has 1 heterocycles. The molecule has 0 spiro atoms. The highest BCUT2D eigenvalue weighted by atomic mass is 35.5. The van der Waals surface area contributed by atoms with E-state index in [9.17, 15) is 15.2 Å². The molecular weight excluding hydrogens is 357 g/mol. The first-order chi connectivity index (χ1) is 10.6. The van der Waals surface area contributed by atoms with Gasteiger partial charge in [-0.05, 0) is 6.42 Å². The maximum atomic E-state index is 11.1. The van der Waals surface area contributed by atoms with Gasteiger partial charge in [0.05, 0.1) is 18.1 Å². The zero-order chi connectivity index (χ0) is 16.1. The molecule has 1 saturated heterocycles. The summed E-state index contributed by atoms with van der Waals surface area (Å²) in [6.45, 7) is 5.55. The van der Waals surface area contributed by atoms with Gasteiger partial charge in [0.15, 0.2) is 11.5 Å². The van der Waals surface area contributed by atoms with Crippen molar-refractivity contribution in [1.82, 2.24) is 10.2 Å². The first-order valence-electron chi connectivity index (χ1n) is 7.58. The van der Waals surface area contributed by atoms with Crippen LogP contribution in [0, 0.1) is 10.1 Å². The summed E-state index contributed by atoms with van der Waals surface area (Å²) in [6, 6.07) is 2.70. The maximum Gasteiger partial charge on any atom is 0.273 e. The smallest absolute Gasteiger partial charge is 0.273 e. The number of methoxy groups -OCH3 is 1. The lowest BCUT2D eigenvalue weighted by Gasteiger charge is -2.35. The summed E-state index contributed by atoms with van der Waals surface area (Å²) >= 11 is 0. The summed E-state index contributed by atoms with van der Waals surface area (Å²) in [4.78, 5) is 12.9. The molecule has 1 fully saturated rings. The van der Waals surface area contributed by atoms with Crippen LogP contribution in [0.15, 0.2) is 12.1 Å². The predicted molar refractivity (Wildman–Crippen MR) is 97.9 cm³/mol. The maximum absolute atomic E-state index is 11.1. The van der Waals surface area contributed by atoms with Crippen molar-refractivity contribution in [3.63, 3.8) is 0 Å². The molecule has 0 aromatic heterocycles. The van der Waals surface area contributed by atoms with Crippen LogP contribution in [0.1, 0.15) is 31.4 Å². The molecular formula is C15H25Cl2N3O4. The molecule has 0 unspecified atom stereocenters. The first-order valence-corrected chi connectivity index (χ1v) is 7.58. The molecule has 24 heavy (non-hydrogen) atoms. The van der Waals surface area contributed by atoms with Crippen molar-refractivity contribution < 1.29 is 14.8 Å². The van der Waals surface area contributed by atoms with E-state index < -0.39 is 4.92 Å². The van der Waals surface area contributed by atoms with E-state index in [0.717, 1.165) is 39.0 Å². The van der Waals surface area contributed by atoms with Gasteiger partial charge in [-0.1, -0.05) is 13.3 Å². The molecule has 1 aliphatic rings. The Morgan fingerprint density at radius 2 is 2.00 bits per heavy atom. The van der Waals surface area contributed by atoms with Gasteiger partial charge in [-0.3, -0.25) is 15.0 Å². The van der Waals surface area contributed by atoms with Gasteiger partial charge in [-0.25, -0.2) is 0 Å². The number of halogens is 2. The molecule has 0 saturated carbocycles. The summed E-state index contributed by atoms with van der Waals surface area (Å²) in [7, 11) is 1.40. The standard InChI is InChI=1S/C15H23N3O4.2ClH/c1-3-4-13(17-7-5-16-6-8-17)12-9-11(18(20)21)10-14(22-2)15(12)19;;/h9-10,13,16,19H,3-8H2,1-2H3;2*1H/t13-;;/m1../s1. The lowest BCUT2D eigenvalue weighted by atomic mass is 9.97. The Labute approximate surface area is 154 Å². The third kappa shape index (κ3) is 5.11. The van der Waals surface area contributed by atoms with Crippen LogP contribution >= 0.6 is 24.8 Å². The van der Waals surface area contributed by atoms with Crippen molar-refractivity contribution in [2.45, 2.75) is 25.8 Å². The van der Waals surface area contributed by atoms with Gasteiger partial charge in [0.2, 0.25) is 0 Å². The number of phenols is 1. The SMILES string of the molecule is CCC[C@H](c1cc([N+](=O)[O-])cc(OC)c1O)N1CCNCC1.Cl.Cl. The van der Waals surface area contributed by atoms with Crippen LogP contribution in [-0.2, 0) is 0 Å². The summed E-state index contributed by atoms with van der Waals surface area (Å²) < 4.78 is 5.11. The second-order valence-electron chi connectivity index (χ2n) is 5.43. The normalized spacial score (nSPS) is 15.8. The average Bonchev–Trinajstić information content (AvgIpc) is 2.54. The van der Waals surface area contributed by atoms with Gasteiger partial charge in [-0.2, -0.15) is 0 Å². The highest BCUT2D eigenvalue weighted by molar-refractivity contribution is 5.85. The molecule has 1 aromatic carbocycles. The van der Waals surface area contributed by atoms with Crippen LogP contribution in [-0.4, -0.2) is 48.2 Å². The number of ether oxygens (including phenoxy) is 1. The molecule has 7 nitrogen and oxygen atoms in total. The minimum Gasteiger partial charge on any atom is -0.504 e. The lowest BCUT2D eigenvalue weighted by molar-refractivity contribution is -0.385. The number of aromatic hydroxyl groups is 1. The fraction of sp³-hybridized carbons (Fsp3) is 0.600. The number of nitrogens with zero attached hydrogens (tertiary/aromatic N) is 2. The van der Waals surface area contributed by atoms with Gasteiger partial charge in [0, 0.05) is 43.9 Å². The molecule has 0 radical (unpaired) electrons. The van der Waals surface area contributed by atoms with Gasteiger partial charge in [-0.15, -0.1) is 24.8 Å². The molecule has 2 rings (SSSR count). The average molecular weight is 382 g/mol. The third-order valence-electron chi connectivity index (χ3n) is 4.03. The van der Waals surface area contributed by atoms with Crippen LogP contribution in [0.25, 0.3) is 0 Å². The number of phenolic OH excluding ortho intramolecular Hbond substituents is 1. The van der Waals surface area contributed by atoms with Gasteiger partial charge >= 0.3 is 0 Å². The summed E-state index contributed by atoms with van der Waals surface area (Å²) in [5.74, 6) is 0.158. The Morgan fingerprint density at radius 3 is 2.50 bits per heavy atom. The van der Waals surface area contributed by atoms with Crippen molar-refractivity contribution in [1.29, 1.82) is 0 Å². The van der Waals surface area contributed by atoms with Crippen LogP contribution < -0.4 is 10.1 Å². The number of nitro groups is 1. The molecule has 2 N–H and O–H groups in total. The Kier molecular flexibility index (Phi) is 9.99. The molecule has 138 valence electrons. The molecule has 1 atom stereocenters. The van der Waals surface area contributed by atoms with E-state index in [2.05, 4.69) is 17.1 Å². The number of hydrogen-bond acceptors (Lipinski definition) is 6. The van der Waals surface area contributed by atoms with E-state index in [4.69, 9.17) is 4.74 Å². The minimum atomic E-state index is -0.452. The fourth-order valence-electron chi connectivity index (χ4n) is 2.93. The largest absolute Gasteiger partial charge is 0.504 e. The number of piperazine rings is 1. The second-order valence-corrected chi connectivity index (χ2v) is 5.43. The van der Waals surface area contributed by atoms with E-state index >= 15 is 0 Å². The number of nitrogens with one attached hydrogen (secondary N) is 1. The molecule has 1 aromatic rings. The Morgan fingerprint density at radius 1 is 1.38 bits per heavy atom. The highest BCUT2D eigenvalue weighted by Crippen LogP contribution is 2.41. The second kappa shape index (κ2) is 10.6. The van der Waals surface area contributed by atoms with E-state index in [1.54, 1.807) is 0 Å². The van der Waals surface area contributed by atoms with E-state index in [1.807, 2.05) is 0 Å². The van der Waals surface area contributed by atoms with Crippen LogP contribution in [0.5, 0.6) is 11.5 Å². The summed E-state index contributed by atoms with van der Waals surface area (Å²) in [6.07, 6.45) is 1.76. The van der Waals surface area contributed by atoms with Crippen molar-refractivity contribution in [3.8, 4) is 11.5 Å². The lowest BCUT2D eigenvalue weighted by Crippen LogP contribution is -2.45. The Hall–Kier alpha value is -1.28. The summed E-state index contributed by atoms with van der Waals surface area (Å²) in [5.41, 5.74) is 0.524. The van der Waals surface area contributed by atoms with E-state index in [-0.39, 0.29) is 48.0 Å². The van der Waals surface area contributed by atoms with E-state index in [0.29, 0.717) is 5.56 Å². The van der Waals surface area contributed by atoms with Gasteiger partial charge < -0.3 is 15.2 Å². The monoisotopic (exact) mass is 381 g/mol. The molecule has 0 bridgehead atoms.